The predicted octanol–water partition coefficient (Wildman–Crippen LogP) is 4.74. The lowest BCUT2D eigenvalue weighted by Crippen LogP contribution is -2.02. The standard InChI is InChI=1S/C18H16.C3H3N3/c1-3-7-15-13(5-1)9-11-18-16-8-4-2-6-14(16)10-12-17(15)18;1-4-2-6-3-5-1/h1,3,5,7,9-12H,2,4,6,8H2;1-3H. The molecule has 4 aromatic rings. The van der Waals surface area contributed by atoms with Crippen molar-refractivity contribution in [3.63, 3.8) is 0 Å². The first-order chi connectivity index (χ1) is 11.9. The quantitative estimate of drug-likeness (QED) is 0.440. The Morgan fingerprint density at radius 2 is 1.29 bits per heavy atom. The van der Waals surface area contributed by atoms with Gasteiger partial charge in [0.1, 0.15) is 19.0 Å². The van der Waals surface area contributed by atoms with E-state index in [2.05, 4.69) is 63.5 Å². The molecule has 0 aliphatic heterocycles. The number of nitrogens with zero attached hydrogens (tertiary/aromatic N) is 3. The maximum absolute atomic E-state index is 3.56. The predicted molar refractivity (Wildman–Crippen MR) is 97.9 cm³/mol. The summed E-state index contributed by atoms with van der Waals surface area (Å²) in [5.41, 5.74) is 3.17. The first-order valence-electron chi connectivity index (χ1n) is 8.41. The van der Waals surface area contributed by atoms with Crippen molar-refractivity contribution in [3.8, 4) is 0 Å². The minimum absolute atomic E-state index is 1.25. The summed E-state index contributed by atoms with van der Waals surface area (Å²) in [5, 5.41) is 5.64. The van der Waals surface area contributed by atoms with Crippen LogP contribution in [0.4, 0.5) is 0 Å². The van der Waals surface area contributed by atoms with Crippen molar-refractivity contribution in [2.24, 2.45) is 0 Å². The van der Waals surface area contributed by atoms with E-state index in [9.17, 15) is 0 Å². The van der Waals surface area contributed by atoms with Crippen molar-refractivity contribution in [2.75, 3.05) is 0 Å². The first-order valence-corrected chi connectivity index (χ1v) is 8.41. The summed E-state index contributed by atoms with van der Waals surface area (Å²) >= 11 is 0. The summed E-state index contributed by atoms with van der Waals surface area (Å²) in [6.07, 6.45) is 9.53. The van der Waals surface area contributed by atoms with Crippen LogP contribution in [0, 0.1) is 0 Å². The minimum atomic E-state index is 1.25. The van der Waals surface area contributed by atoms with Gasteiger partial charge in [-0.2, -0.15) is 0 Å². The topological polar surface area (TPSA) is 38.7 Å². The van der Waals surface area contributed by atoms with Crippen molar-refractivity contribution < 1.29 is 0 Å². The van der Waals surface area contributed by atoms with Crippen LogP contribution in [-0.2, 0) is 12.8 Å². The number of hydrogen-bond donors (Lipinski definition) is 0. The van der Waals surface area contributed by atoms with E-state index in [1.807, 2.05) is 0 Å². The van der Waals surface area contributed by atoms with Gasteiger partial charge in [-0.3, -0.25) is 0 Å². The van der Waals surface area contributed by atoms with Crippen molar-refractivity contribution in [2.45, 2.75) is 25.7 Å². The van der Waals surface area contributed by atoms with Gasteiger partial charge < -0.3 is 0 Å². The molecule has 1 heterocycles. The Hall–Kier alpha value is -2.81. The van der Waals surface area contributed by atoms with Gasteiger partial charge in [0.25, 0.3) is 0 Å². The Morgan fingerprint density at radius 1 is 0.583 bits per heavy atom. The highest BCUT2D eigenvalue weighted by Gasteiger charge is 2.13. The van der Waals surface area contributed by atoms with Crippen LogP contribution >= 0.6 is 0 Å². The summed E-state index contributed by atoms with van der Waals surface area (Å²) in [4.78, 5) is 10.7. The van der Waals surface area contributed by atoms with Crippen LogP contribution in [0.25, 0.3) is 21.5 Å². The van der Waals surface area contributed by atoms with Crippen LogP contribution in [0.15, 0.2) is 67.5 Å². The molecular formula is C21H19N3. The SMILES string of the molecule is c1ccc2c(c1)ccc1c3c(ccc12)CCCC3.c1ncncn1. The van der Waals surface area contributed by atoms with E-state index in [1.54, 1.807) is 11.1 Å². The molecule has 0 saturated heterocycles. The van der Waals surface area contributed by atoms with E-state index in [1.165, 1.54) is 66.2 Å². The van der Waals surface area contributed by atoms with Crippen LogP contribution < -0.4 is 0 Å². The number of aryl methyl sites for hydroxylation is 2. The summed E-state index contributed by atoms with van der Waals surface area (Å²) in [7, 11) is 0. The fourth-order valence-electron chi connectivity index (χ4n) is 3.55. The highest BCUT2D eigenvalue weighted by Crippen LogP contribution is 2.33. The van der Waals surface area contributed by atoms with Crippen molar-refractivity contribution in [1.82, 2.24) is 15.0 Å². The van der Waals surface area contributed by atoms with E-state index < -0.39 is 0 Å². The van der Waals surface area contributed by atoms with Gasteiger partial charge in [0.2, 0.25) is 0 Å². The fraction of sp³-hybridized carbons (Fsp3) is 0.190. The Bertz CT molecular complexity index is 938. The second kappa shape index (κ2) is 6.75. The van der Waals surface area contributed by atoms with Gasteiger partial charge in [-0.1, -0.05) is 48.5 Å². The van der Waals surface area contributed by atoms with Crippen LogP contribution in [0.1, 0.15) is 24.0 Å². The van der Waals surface area contributed by atoms with Crippen LogP contribution in [-0.4, -0.2) is 15.0 Å². The monoisotopic (exact) mass is 313 g/mol. The molecule has 0 fully saturated rings. The van der Waals surface area contributed by atoms with E-state index in [0.29, 0.717) is 0 Å². The van der Waals surface area contributed by atoms with Gasteiger partial charge in [-0.15, -0.1) is 0 Å². The Balaban J connectivity index is 0.000000207. The molecular weight excluding hydrogens is 294 g/mol. The average Bonchev–Trinajstić information content (AvgIpc) is 2.69. The largest absolute Gasteiger partial charge is 0.225 e. The van der Waals surface area contributed by atoms with Gasteiger partial charge in [0.05, 0.1) is 0 Å². The molecule has 0 bridgehead atoms. The van der Waals surface area contributed by atoms with Gasteiger partial charge in [0, 0.05) is 0 Å². The van der Waals surface area contributed by atoms with Crippen LogP contribution in [0.3, 0.4) is 0 Å². The molecule has 118 valence electrons. The zero-order valence-electron chi connectivity index (χ0n) is 13.5. The molecule has 1 aliphatic rings. The highest BCUT2D eigenvalue weighted by atomic mass is 14.9. The maximum Gasteiger partial charge on any atom is 0.119 e. The Labute approximate surface area is 141 Å². The third-order valence-electron chi connectivity index (χ3n) is 4.66. The molecule has 1 aromatic heterocycles. The van der Waals surface area contributed by atoms with Crippen molar-refractivity contribution in [1.29, 1.82) is 0 Å². The second-order valence-electron chi connectivity index (χ2n) is 6.09. The highest BCUT2D eigenvalue weighted by molar-refractivity contribution is 6.08. The smallest absolute Gasteiger partial charge is 0.119 e. The van der Waals surface area contributed by atoms with E-state index in [0.717, 1.165) is 0 Å². The van der Waals surface area contributed by atoms with Crippen molar-refractivity contribution in [3.05, 3.63) is 78.6 Å². The molecule has 0 amide bonds. The lowest BCUT2D eigenvalue weighted by Gasteiger charge is -2.18. The molecule has 24 heavy (non-hydrogen) atoms. The second-order valence-corrected chi connectivity index (χ2v) is 6.09. The van der Waals surface area contributed by atoms with Crippen LogP contribution in [0.5, 0.6) is 0 Å². The van der Waals surface area contributed by atoms with Gasteiger partial charge in [-0.25, -0.2) is 15.0 Å². The van der Waals surface area contributed by atoms with Gasteiger partial charge in [0.15, 0.2) is 0 Å². The molecule has 1 aliphatic carbocycles. The van der Waals surface area contributed by atoms with E-state index in [4.69, 9.17) is 0 Å². The molecule has 3 aromatic carbocycles. The molecule has 0 saturated carbocycles. The molecule has 3 nitrogen and oxygen atoms in total. The zero-order chi connectivity index (χ0) is 16.2. The molecule has 0 atom stereocenters. The molecule has 0 unspecified atom stereocenters. The number of fused-ring (bicyclic) bond motifs is 5. The van der Waals surface area contributed by atoms with E-state index >= 15 is 0 Å². The third-order valence-corrected chi connectivity index (χ3v) is 4.66. The third kappa shape index (κ3) is 2.85. The lowest BCUT2D eigenvalue weighted by atomic mass is 9.86. The van der Waals surface area contributed by atoms with E-state index in [-0.39, 0.29) is 0 Å². The summed E-state index contributed by atoms with van der Waals surface area (Å²) in [6.45, 7) is 0. The molecule has 5 rings (SSSR count). The summed E-state index contributed by atoms with van der Waals surface area (Å²) in [5.74, 6) is 0. The van der Waals surface area contributed by atoms with Gasteiger partial charge in [-0.05, 0) is 58.4 Å². The number of aromatic nitrogens is 3. The molecule has 0 spiro atoms. The number of rotatable bonds is 0. The first kappa shape index (κ1) is 14.8. The maximum atomic E-state index is 3.56. The molecule has 0 N–H and O–H groups in total. The summed E-state index contributed by atoms with van der Waals surface area (Å²) < 4.78 is 0. The Morgan fingerprint density at radius 3 is 2.08 bits per heavy atom. The fourth-order valence-corrected chi connectivity index (χ4v) is 3.55. The number of benzene rings is 3. The number of hydrogen-bond acceptors (Lipinski definition) is 3. The average molecular weight is 313 g/mol. The van der Waals surface area contributed by atoms with Crippen LogP contribution in [0.2, 0.25) is 0 Å². The molecule has 0 radical (unpaired) electrons. The normalized spacial score (nSPS) is 13.2. The molecule has 3 heteroatoms. The summed E-state index contributed by atoms with van der Waals surface area (Å²) in [6, 6.07) is 18.0. The Kier molecular flexibility index (Phi) is 4.15. The zero-order valence-corrected chi connectivity index (χ0v) is 13.5. The van der Waals surface area contributed by atoms with Gasteiger partial charge >= 0.3 is 0 Å². The lowest BCUT2D eigenvalue weighted by molar-refractivity contribution is 0.690. The van der Waals surface area contributed by atoms with Crippen molar-refractivity contribution >= 4 is 21.5 Å². The minimum Gasteiger partial charge on any atom is -0.225 e.